The molecule has 0 aliphatic rings. The van der Waals surface area contributed by atoms with Gasteiger partial charge in [-0.3, -0.25) is 9.04 Å². The van der Waals surface area contributed by atoms with Crippen molar-refractivity contribution < 1.29 is 27.0 Å². The number of ether oxygens (including phenoxy) is 1. The van der Waals surface area contributed by atoms with Crippen LogP contribution in [0.15, 0.2) is 12.7 Å². The maximum atomic E-state index is 11.0. The smallest absolute Gasteiger partial charge is 0.334 e. The number of carbonyl (C=O) groups is 1. The normalized spacial score (nSPS) is 16.3. The molecule has 0 fully saturated rings. The minimum Gasteiger partial charge on any atom is -0.410 e. The van der Waals surface area contributed by atoms with Gasteiger partial charge in [-0.1, -0.05) is 6.58 Å². The fourth-order valence-corrected chi connectivity index (χ4v) is 1.85. The van der Waals surface area contributed by atoms with Crippen LogP contribution in [0, 0.1) is 0 Å². The van der Waals surface area contributed by atoms with Crippen LogP contribution in [0.3, 0.4) is 0 Å². The van der Waals surface area contributed by atoms with Crippen molar-refractivity contribution in [3.8, 4) is 0 Å². The third-order valence-corrected chi connectivity index (χ3v) is 4.16. The summed E-state index contributed by atoms with van der Waals surface area (Å²) in [5, 5.41) is -1.10. The molecule has 0 aromatic heterocycles. The second-order valence-corrected chi connectivity index (χ2v) is 5.70. The first-order valence-corrected chi connectivity index (χ1v) is 6.16. The average Bonchev–Trinajstić information content (AvgIpc) is 2.14. The van der Waals surface area contributed by atoms with Gasteiger partial charge in [0.25, 0.3) is 0 Å². The number of rotatable bonds is 5. The highest BCUT2D eigenvalue weighted by Gasteiger charge is 2.40. The van der Waals surface area contributed by atoms with E-state index in [1.807, 2.05) is 0 Å². The predicted molar refractivity (Wildman–Crippen MR) is 58.9 cm³/mol. The van der Waals surface area contributed by atoms with E-state index in [4.69, 9.17) is 9.29 Å². The van der Waals surface area contributed by atoms with Crippen molar-refractivity contribution in [2.24, 2.45) is 0 Å². The number of quaternary nitrogens is 1. The predicted octanol–water partition coefficient (Wildman–Crippen LogP) is 0.372. The molecule has 0 aliphatic carbocycles. The van der Waals surface area contributed by atoms with Crippen molar-refractivity contribution in [2.45, 2.75) is 25.4 Å². The number of hydrogen-bond acceptors (Lipinski definition) is 4. The van der Waals surface area contributed by atoms with Gasteiger partial charge in [0.1, 0.15) is 0 Å². The minimum atomic E-state index is -4.19. The van der Waals surface area contributed by atoms with Crippen LogP contribution < -0.4 is 0 Å². The fourth-order valence-electron chi connectivity index (χ4n) is 0.991. The molecule has 0 radical (unpaired) electrons. The standard InChI is InChI=1S/C9H17NO5S/c1-6-9(11)15-7(2)10(4,5)8(3)16(12,13)14/h6-8H,1H2,2-5H3/p+1. The van der Waals surface area contributed by atoms with Gasteiger partial charge in [-0.15, -0.1) is 0 Å². The Balaban J connectivity index is 4.91. The first-order chi connectivity index (χ1) is 7.03. The van der Waals surface area contributed by atoms with Crippen molar-refractivity contribution in [1.82, 2.24) is 0 Å². The lowest BCUT2D eigenvalue weighted by molar-refractivity contribution is -0.941. The Morgan fingerprint density at radius 3 is 2.19 bits per heavy atom. The summed E-state index contributed by atoms with van der Waals surface area (Å²) < 4.78 is 35.7. The maximum absolute atomic E-state index is 11.0. The number of carbonyl (C=O) groups excluding carboxylic acids is 1. The van der Waals surface area contributed by atoms with Crippen LogP contribution in [0.4, 0.5) is 0 Å². The van der Waals surface area contributed by atoms with E-state index in [1.165, 1.54) is 6.92 Å². The Kier molecular flexibility index (Phi) is 4.66. The van der Waals surface area contributed by atoms with E-state index in [-0.39, 0.29) is 4.48 Å². The van der Waals surface area contributed by atoms with Crippen LogP contribution >= 0.6 is 0 Å². The first kappa shape index (κ1) is 15.1. The summed E-state index contributed by atoms with van der Waals surface area (Å²) in [6.07, 6.45) is 0.275. The molecule has 0 heterocycles. The average molecular weight is 252 g/mol. The van der Waals surface area contributed by atoms with E-state index >= 15 is 0 Å². The summed E-state index contributed by atoms with van der Waals surface area (Å²) >= 11 is 0. The van der Waals surface area contributed by atoms with Gasteiger partial charge in [-0.05, 0) is 0 Å². The molecule has 16 heavy (non-hydrogen) atoms. The zero-order chi connectivity index (χ0) is 13.1. The van der Waals surface area contributed by atoms with Crippen LogP contribution in [0.5, 0.6) is 0 Å². The summed E-state index contributed by atoms with van der Waals surface area (Å²) in [5.41, 5.74) is 0. The lowest BCUT2D eigenvalue weighted by Gasteiger charge is -2.38. The quantitative estimate of drug-likeness (QED) is 0.251. The van der Waals surface area contributed by atoms with Crippen molar-refractivity contribution in [3.05, 3.63) is 12.7 Å². The molecule has 7 heteroatoms. The molecule has 0 saturated heterocycles. The molecule has 0 amide bonds. The van der Waals surface area contributed by atoms with Crippen molar-refractivity contribution in [1.29, 1.82) is 0 Å². The Morgan fingerprint density at radius 1 is 1.44 bits per heavy atom. The maximum Gasteiger partial charge on any atom is 0.334 e. The summed E-state index contributed by atoms with van der Waals surface area (Å²) in [6, 6.07) is 0. The third kappa shape index (κ3) is 3.58. The monoisotopic (exact) mass is 252 g/mol. The second-order valence-electron chi connectivity index (χ2n) is 3.98. The first-order valence-electron chi connectivity index (χ1n) is 4.66. The number of esters is 1. The zero-order valence-corrected chi connectivity index (χ0v) is 10.7. The SMILES string of the molecule is C=CC(=O)OC(C)[N+](C)(C)C(C)S(=O)(=O)O. The highest BCUT2D eigenvalue weighted by Crippen LogP contribution is 2.18. The summed E-state index contributed by atoms with van der Waals surface area (Å²) in [7, 11) is -1.11. The largest absolute Gasteiger partial charge is 0.410 e. The Bertz CT molecular complexity index is 373. The molecule has 0 spiro atoms. The lowest BCUT2D eigenvalue weighted by atomic mass is 10.4. The molecule has 2 atom stereocenters. The Labute approximate surface area is 95.8 Å². The lowest BCUT2D eigenvalue weighted by Crippen LogP contribution is -2.57. The van der Waals surface area contributed by atoms with Gasteiger partial charge < -0.3 is 4.74 Å². The van der Waals surface area contributed by atoms with Crippen LogP contribution in [-0.4, -0.2) is 49.1 Å². The van der Waals surface area contributed by atoms with Gasteiger partial charge in [-0.25, -0.2) is 4.79 Å². The highest BCUT2D eigenvalue weighted by molar-refractivity contribution is 7.86. The van der Waals surface area contributed by atoms with E-state index in [1.54, 1.807) is 21.0 Å². The third-order valence-electron chi connectivity index (χ3n) is 2.76. The Hall–Kier alpha value is -0.920. The topological polar surface area (TPSA) is 80.7 Å². The number of hydrogen-bond donors (Lipinski definition) is 1. The van der Waals surface area contributed by atoms with Crippen molar-refractivity contribution >= 4 is 16.1 Å². The van der Waals surface area contributed by atoms with Crippen LogP contribution in [-0.2, 0) is 19.6 Å². The van der Waals surface area contributed by atoms with Crippen LogP contribution in [0.2, 0.25) is 0 Å². The fraction of sp³-hybridized carbons (Fsp3) is 0.667. The van der Waals surface area contributed by atoms with E-state index in [2.05, 4.69) is 6.58 Å². The van der Waals surface area contributed by atoms with Gasteiger partial charge in [0, 0.05) is 19.9 Å². The van der Waals surface area contributed by atoms with Gasteiger partial charge in [-0.2, -0.15) is 8.42 Å². The molecular formula is C9H18NO5S+. The molecule has 0 aromatic rings. The molecule has 2 unspecified atom stereocenters. The van der Waals surface area contributed by atoms with Gasteiger partial charge in [0.05, 0.1) is 14.1 Å². The van der Waals surface area contributed by atoms with Crippen molar-refractivity contribution in [2.75, 3.05) is 14.1 Å². The number of nitrogens with zero attached hydrogens (tertiary/aromatic N) is 1. The van der Waals surface area contributed by atoms with E-state index in [0.29, 0.717) is 0 Å². The molecular weight excluding hydrogens is 234 g/mol. The molecule has 0 bridgehead atoms. The Morgan fingerprint density at radius 2 is 1.88 bits per heavy atom. The van der Waals surface area contributed by atoms with E-state index in [9.17, 15) is 13.2 Å². The van der Waals surface area contributed by atoms with Crippen molar-refractivity contribution in [3.63, 3.8) is 0 Å². The molecule has 94 valence electrons. The minimum absolute atomic E-state index is 0.196. The summed E-state index contributed by atoms with van der Waals surface area (Å²) in [6.45, 7) is 6.13. The van der Waals surface area contributed by atoms with Gasteiger partial charge in [0.2, 0.25) is 11.6 Å². The van der Waals surface area contributed by atoms with E-state index in [0.717, 1.165) is 6.08 Å². The molecule has 0 saturated carbocycles. The van der Waals surface area contributed by atoms with E-state index < -0.39 is 27.7 Å². The molecule has 0 aromatic carbocycles. The summed E-state index contributed by atoms with van der Waals surface area (Å²) in [5.74, 6) is -0.638. The molecule has 1 N–H and O–H groups in total. The van der Waals surface area contributed by atoms with Crippen LogP contribution in [0.25, 0.3) is 0 Å². The molecule has 0 rings (SSSR count). The zero-order valence-electron chi connectivity index (χ0n) is 9.87. The van der Waals surface area contributed by atoms with Gasteiger partial charge in [0.15, 0.2) is 0 Å². The molecule has 6 nitrogen and oxygen atoms in total. The second kappa shape index (κ2) is 4.94. The van der Waals surface area contributed by atoms with Crippen LogP contribution in [0.1, 0.15) is 13.8 Å². The summed E-state index contributed by atoms with van der Waals surface area (Å²) in [4.78, 5) is 11.0. The highest BCUT2D eigenvalue weighted by atomic mass is 32.2. The van der Waals surface area contributed by atoms with Gasteiger partial charge >= 0.3 is 16.1 Å². The molecule has 0 aliphatic heterocycles.